The minimum Gasteiger partial charge on any atom is -0.493 e. The van der Waals surface area contributed by atoms with Crippen LogP contribution in [0.3, 0.4) is 0 Å². The number of hydrogen-bond donors (Lipinski definition) is 1. The first kappa shape index (κ1) is 21.6. The second-order valence-corrected chi connectivity index (χ2v) is 7.59. The zero-order chi connectivity index (χ0) is 22.7. The largest absolute Gasteiger partial charge is 0.493 e. The number of halogens is 1. The van der Waals surface area contributed by atoms with E-state index in [1.54, 1.807) is 37.4 Å². The van der Waals surface area contributed by atoms with E-state index in [-0.39, 0.29) is 0 Å². The third kappa shape index (κ3) is 4.50. The monoisotopic (exact) mass is 450 g/mol. The Morgan fingerprint density at radius 1 is 1.00 bits per heavy atom. The molecule has 0 saturated carbocycles. The van der Waals surface area contributed by atoms with Gasteiger partial charge in [-0.25, -0.2) is 15.0 Å². The number of nitrogens with zero attached hydrogens (tertiary/aromatic N) is 5. The van der Waals surface area contributed by atoms with E-state index in [1.165, 1.54) is 0 Å². The molecule has 0 spiro atoms. The standard InChI is InChI=1S/C23H23ClN6O2/c1-14-15(2)29-30(22-8-6-17(24)13-26-22)23(14)28-20-9-10-25-21(27-20)12-16-5-7-18(31-3)19(11-16)32-4/h5-11,13H,12H2,1-4H3,(H,25,27,28). The van der Waals surface area contributed by atoms with Gasteiger partial charge in [-0.2, -0.15) is 9.78 Å². The summed E-state index contributed by atoms with van der Waals surface area (Å²) in [5.41, 5.74) is 2.91. The van der Waals surface area contributed by atoms with Crippen molar-refractivity contribution in [1.29, 1.82) is 0 Å². The summed E-state index contributed by atoms with van der Waals surface area (Å²) < 4.78 is 12.4. The van der Waals surface area contributed by atoms with Crippen molar-refractivity contribution in [3.63, 3.8) is 0 Å². The number of hydrogen-bond acceptors (Lipinski definition) is 7. The molecule has 0 aliphatic carbocycles. The molecule has 0 unspecified atom stereocenters. The summed E-state index contributed by atoms with van der Waals surface area (Å²) in [7, 11) is 3.23. The number of aromatic nitrogens is 5. The van der Waals surface area contributed by atoms with E-state index in [4.69, 9.17) is 21.1 Å². The fraction of sp³-hybridized carbons (Fsp3) is 0.217. The number of nitrogens with one attached hydrogen (secondary N) is 1. The molecule has 164 valence electrons. The lowest BCUT2D eigenvalue weighted by Gasteiger charge is -2.11. The minimum atomic E-state index is 0.548. The van der Waals surface area contributed by atoms with Crippen LogP contribution in [0.1, 0.15) is 22.6 Å². The van der Waals surface area contributed by atoms with E-state index in [1.807, 2.05) is 44.2 Å². The molecule has 1 N–H and O–H groups in total. The molecule has 0 aliphatic heterocycles. The second-order valence-electron chi connectivity index (χ2n) is 7.15. The van der Waals surface area contributed by atoms with E-state index in [9.17, 15) is 0 Å². The average Bonchev–Trinajstić information content (AvgIpc) is 3.08. The molecule has 4 rings (SSSR count). The molecule has 0 amide bonds. The number of benzene rings is 1. The smallest absolute Gasteiger partial charge is 0.161 e. The Bertz CT molecular complexity index is 1240. The topological polar surface area (TPSA) is 87.0 Å². The van der Waals surface area contributed by atoms with Crippen molar-refractivity contribution in [2.75, 3.05) is 19.5 Å². The zero-order valence-electron chi connectivity index (χ0n) is 18.3. The van der Waals surface area contributed by atoms with Gasteiger partial charge in [-0.3, -0.25) is 0 Å². The van der Waals surface area contributed by atoms with E-state index in [0.717, 1.165) is 22.6 Å². The molecule has 8 nitrogen and oxygen atoms in total. The van der Waals surface area contributed by atoms with Gasteiger partial charge in [0.05, 0.1) is 24.9 Å². The Balaban J connectivity index is 1.61. The molecule has 1 aromatic carbocycles. The highest BCUT2D eigenvalue weighted by Gasteiger charge is 2.15. The molecule has 0 fully saturated rings. The number of rotatable bonds is 7. The van der Waals surface area contributed by atoms with Crippen molar-refractivity contribution < 1.29 is 9.47 Å². The molecule has 0 atom stereocenters. The van der Waals surface area contributed by atoms with Crippen LogP contribution < -0.4 is 14.8 Å². The number of ether oxygens (including phenoxy) is 2. The molecular weight excluding hydrogens is 428 g/mol. The van der Waals surface area contributed by atoms with Crippen LogP contribution in [0, 0.1) is 13.8 Å². The molecule has 0 saturated heterocycles. The predicted octanol–water partition coefficient (Wildman–Crippen LogP) is 4.68. The van der Waals surface area contributed by atoms with Crippen LogP contribution in [-0.2, 0) is 6.42 Å². The van der Waals surface area contributed by atoms with Crippen LogP contribution in [-0.4, -0.2) is 39.0 Å². The Hall–Kier alpha value is -3.65. The third-order valence-corrected chi connectivity index (χ3v) is 5.27. The molecule has 0 bridgehead atoms. The van der Waals surface area contributed by atoms with Crippen LogP contribution in [0.2, 0.25) is 5.02 Å². The van der Waals surface area contributed by atoms with Gasteiger partial charge in [0, 0.05) is 24.4 Å². The van der Waals surface area contributed by atoms with Gasteiger partial charge >= 0.3 is 0 Å². The molecule has 3 aromatic heterocycles. The van der Waals surface area contributed by atoms with Crippen molar-refractivity contribution in [2.45, 2.75) is 20.3 Å². The summed E-state index contributed by atoms with van der Waals surface area (Å²) in [6, 6.07) is 11.2. The molecule has 9 heteroatoms. The summed E-state index contributed by atoms with van der Waals surface area (Å²) in [5.74, 6) is 4.13. The van der Waals surface area contributed by atoms with Crippen LogP contribution >= 0.6 is 11.6 Å². The average molecular weight is 451 g/mol. The highest BCUT2D eigenvalue weighted by Crippen LogP contribution is 2.29. The van der Waals surface area contributed by atoms with Gasteiger partial charge in [0.15, 0.2) is 17.3 Å². The molecular formula is C23H23ClN6O2. The van der Waals surface area contributed by atoms with Gasteiger partial charge in [-0.1, -0.05) is 17.7 Å². The van der Waals surface area contributed by atoms with Gasteiger partial charge in [0.1, 0.15) is 17.5 Å². The number of methoxy groups -OCH3 is 2. The Morgan fingerprint density at radius 3 is 2.53 bits per heavy atom. The van der Waals surface area contributed by atoms with Gasteiger partial charge in [-0.15, -0.1) is 0 Å². The summed E-state index contributed by atoms with van der Waals surface area (Å²) in [5, 5.41) is 8.55. The van der Waals surface area contributed by atoms with E-state index in [0.29, 0.717) is 40.4 Å². The minimum absolute atomic E-state index is 0.548. The lowest BCUT2D eigenvalue weighted by molar-refractivity contribution is 0.354. The zero-order valence-corrected chi connectivity index (χ0v) is 19.0. The van der Waals surface area contributed by atoms with Crippen molar-refractivity contribution in [1.82, 2.24) is 24.7 Å². The summed E-state index contributed by atoms with van der Waals surface area (Å²) >= 11 is 5.99. The first-order chi connectivity index (χ1) is 15.5. The van der Waals surface area contributed by atoms with E-state index in [2.05, 4.69) is 25.4 Å². The van der Waals surface area contributed by atoms with Gasteiger partial charge < -0.3 is 14.8 Å². The lowest BCUT2D eigenvalue weighted by atomic mass is 10.1. The maximum absolute atomic E-state index is 5.99. The van der Waals surface area contributed by atoms with Crippen LogP contribution in [0.5, 0.6) is 11.5 Å². The molecule has 4 aromatic rings. The second kappa shape index (κ2) is 9.23. The van der Waals surface area contributed by atoms with Crippen LogP contribution in [0.4, 0.5) is 11.6 Å². The molecule has 32 heavy (non-hydrogen) atoms. The fourth-order valence-electron chi connectivity index (χ4n) is 3.26. The van der Waals surface area contributed by atoms with Crippen LogP contribution in [0.25, 0.3) is 5.82 Å². The predicted molar refractivity (Wildman–Crippen MR) is 124 cm³/mol. The summed E-state index contributed by atoms with van der Waals surface area (Å²) in [4.78, 5) is 13.5. The Morgan fingerprint density at radius 2 is 1.81 bits per heavy atom. The third-order valence-electron chi connectivity index (χ3n) is 5.05. The van der Waals surface area contributed by atoms with Gasteiger partial charge in [-0.05, 0) is 49.7 Å². The van der Waals surface area contributed by atoms with Gasteiger partial charge in [0.25, 0.3) is 0 Å². The summed E-state index contributed by atoms with van der Waals surface area (Å²) in [6.07, 6.45) is 3.87. The quantitative estimate of drug-likeness (QED) is 0.437. The summed E-state index contributed by atoms with van der Waals surface area (Å²) in [6.45, 7) is 3.96. The first-order valence-corrected chi connectivity index (χ1v) is 10.3. The molecule has 0 radical (unpaired) electrons. The fourth-order valence-corrected chi connectivity index (χ4v) is 3.37. The Kier molecular flexibility index (Phi) is 6.23. The number of aryl methyl sites for hydroxylation is 1. The van der Waals surface area contributed by atoms with Crippen molar-refractivity contribution in [2.24, 2.45) is 0 Å². The maximum Gasteiger partial charge on any atom is 0.161 e. The first-order valence-electron chi connectivity index (χ1n) is 9.96. The van der Waals surface area contributed by atoms with Crippen molar-refractivity contribution in [3.05, 3.63) is 76.5 Å². The normalized spacial score (nSPS) is 10.8. The molecule has 3 heterocycles. The molecule has 0 aliphatic rings. The Labute approximate surface area is 191 Å². The van der Waals surface area contributed by atoms with Crippen molar-refractivity contribution in [3.8, 4) is 17.3 Å². The lowest BCUT2D eigenvalue weighted by Crippen LogP contribution is -2.07. The van der Waals surface area contributed by atoms with E-state index < -0.39 is 0 Å². The van der Waals surface area contributed by atoms with Gasteiger partial charge in [0.2, 0.25) is 0 Å². The maximum atomic E-state index is 5.99. The SMILES string of the molecule is COc1ccc(Cc2nccc(Nc3c(C)c(C)nn3-c3ccc(Cl)cn3)n2)cc1OC. The van der Waals surface area contributed by atoms with Crippen LogP contribution in [0.15, 0.2) is 48.8 Å². The van der Waals surface area contributed by atoms with E-state index >= 15 is 0 Å². The highest BCUT2D eigenvalue weighted by molar-refractivity contribution is 6.30. The van der Waals surface area contributed by atoms with Crippen molar-refractivity contribution >= 4 is 23.2 Å². The number of anilines is 2. The number of pyridine rings is 1. The highest BCUT2D eigenvalue weighted by atomic mass is 35.5.